The van der Waals surface area contributed by atoms with E-state index in [1.54, 1.807) is 15.6 Å². The van der Waals surface area contributed by atoms with Gasteiger partial charge in [0.2, 0.25) is 0 Å². The van der Waals surface area contributed by atoms with Crippen LogP contribution in [0.25, 0.3) is 11.3 Å². The number of hydrogen-bond donors (Lipinski definition) is 1. The molecule has 0 fully saturated rings. The fraction of sp³-hybridized carbons (Fsp3) is 0.476. The molecule has 0 radical (unpaired) electrons. The third-order valence-corrected chi connectivity index (χ3v) is 5.28. The van der Waals surface area contributed by atoms with Crippen molar-refractivity contribution in [3.05, 3.63) is 40.0 Å². The second-order valence-corrected chi connectivity index (χ2v) is 8.74. The molecule has 1 aliphatic rings. The zero-order valence-electron chi connectivity index (χ0n) is 17.5. The van der Waals surface area contributed by atoms with Crippen molar-refractivity contribution in [2.45, 2.75) is 65.8 Å². The molecule has 2 aromatic rings. The summed E-state index contributed by atoms with van der Waals surface area (Å²) in [4.78, 5) is 26.6. The zero-order chi connectivity index (χ0) is 21.5. The predicted molar refractivity (Wildman–Crippen MR) is 112 cm³/mol. The maximum Gasteiger partial charge on any atom is 0.410 e. The van der Waals surface area contributed by atoms with Crippen LogP contribution in [0.3, 0.4) is 0 Å². The number of nitrogens with zero attached hydrogens (tertiary/aromatic N) is 3. The van der Waals surface area contributed by atoms with Crippen LogP contribution in [-0.2, 0) is 24.2 Å². The van der Waals surface area contributed by atoms with Gasteiger partial charge in [0.15, 0.2) is 0 Å². The first-order chi connectivity index (χ1) is 13.5. The highest BCUT2D eigenvalue weighted by Gasteiger charge is 2.35. The van der Waals surface area contributed by atoms with Crippen molar-refractivity contribution in [3.8, 4) is 11.3 Å². The van der Waals surface area contributed by atoms with Crippen LogP contribution >= 0.6 is 11.6 Å². The standard InChI is InChI=1S/C21H27ClN4O3/c1-6-13-7-8-14(9-15(13)22)18-17(19(23)27)16-11-25(12(2)10-26(16)24-18)20(28)29-21(3,4)5/h7-9,12H,6,10-11H2,1-5H3,(H2,23,27). The van der Waals surface area contributed by atoms with E-state index in [9.17, 15) is 9.59 Å². The first kappa shape index (κ1) is 21.2. The van der Waals surface area contributed by atoms with Crippen molar-refractivity contribution >= 4 is 23.6 Å². The van der Waals surface area contributed by atoms with E-state index in [2.05, 4.69) is 5.10 Å². The van der Waals surface area contributed by atoms with E-state index in [1.165, 1.54) is 0 Å². The largest absolute Gasteiger partial charge is 0.444 e. The third kappa shape index (κ3) is 4.24. The topological polar surface area (TPSA) is 90.5 Å². The summed E-state index contributed by atoms with van der Waals surface area (Å²) in [5.41, 5.74) is 8.24. The number of benzene rings is 1. The summed E-state index contributed by atoms with van der Waals surface area (Å²) < 4.78 is 7.27. The minimum absolute atomic E-state index is 0.142. The summed E-state index contributed by atoms with van der Waals surface area (Å²) in [5, 5.41) is 5.26. The lowest BCUT2D eigenvalue weighted by Crippen LogP contribution is -2.47. The number of amides is 2. The number of aryl methyl sites for hydroxylation is 1. The van der Waals surface area contributed by atoms with Gasteiger partial charge in [-0.25, -0.2) is 4.79 Å². The van der Waals surface area contributed by atoms with Crippen molar-refractivity contribution in [2.75, 3.05) is 0 Å². The average Bonchev–Trinajstić information content (AvgIpc) is 2.97. The minimum atomic E-state index is -0.607. The Balaban J connectivity index is 2.03. The van der Waals surface area contributed by atoms with Crippen LogP contribution in [0.4, 0.5) is 4.79 Å². The van der Waals surface area contributed by atoms with Crippen LogP contribution < -0.4 is 5.73 Å². The number of nitrogens with two attached hydrogens (primary N) is 1. The van der Waals surface area contributed by atoms with Gasteiger partial charge in [-0.2, -0.15) is 5.10 Å². The Morgan fingerprint density at radius 2 is 2.03 bits per heavy atom. The Morgan fingerprint density at radius 1 is 1.34 bits per heavy atom. The first-order valence-electron chi connectivity index (χ1n) is 9.69. The summed E-state index contributed by atoms with van der Waals surface area (Å²) in [6.45, 7) is 10.0. The molecule has 1 aromatic heterocycles. The molecule has 0 spiro atoms. The van der Waals surface area contributed by atoms with Crippen LogP contribution in [0.15, 0.2) is 18.2 Å². The molecular weight excluding hydrogens is 392 g/mol. The van der Waals surface area contributed by atoms with Crippen LogP contribution in [0.5, 0.6) is 0 Å². The molecule has 1 unspecified atom stereocenters. The van der Waals surface area contributed by atoms with Crippen LogP contribution in [0.2, 0.25) is 5.02 Å². The number of ether oxygens (including phenoxy) is 1. The Kier molecular flexibility index (Phi) is 5.63. The van der Waals surface area contributed by atoms with Gasteiger partial charge in [0.05, 0.1) is 30.4 Å². The van der Waals surface area contributed by atoms with Gasteiger partial charge < -0.3 is 10.5 Å². The van der Waals surface area contributed by atoms with Crippen LogP contribution in [0, 0.1) is 0 Å². The fourth-order valence-electron chi connectivity index (χ4n) is 3.48. The number of primary amides is 1. The number of fused-ring (bicyclic) bond motifs is 1. The van der Waals surface area contributed by atoms with E-state index in [0.29, 0.717) is 28.5 Å². The Morgan fingerprint density at radius 3 is 2.59 bits per heavy atom. The molecule has 3 rings (SSSR count). The molecule has 8 heteroatoms. The highest BCUT2D eigenvalue weighted by Crippen LogP contribution is 2.32. The highest BCUT2D eigenvalue weighted by molar-refractivity contribution is 6.31. The summed E-state index contributed by atoms with van der Waals surface area (Å²) in [6, 6.07) is 5.48. The Labute approximate surface area is 175 Å². The van der Waals surface area contributed by atoms with Crippen molar-refractivity contribution in [1.82, 2.24) is 14.7 Å². The molecule has 0 saturated heterocycles. The molecule has 2 heterocycles. The van der Waals surface area contributed by atoms with Gasteiger partial charge in [-0.1, -0.05) is 30.7 Å². The summed E-state index contributed by atoms with van der Waals surface area (Å²) in [5.74, 6) is -0.587. The molecule has 156 valence electrons. The van der Waals surface area contributed by atoms with Crippen molar-refractivity contribution in [1.29, 1.82) is 0 Å². The van der Waals surface area contributed by atoms with Gasteiger partial charge in [0.1, 0.15) is 11.3 Å². The minimum Gasteiger partial charge on any atom is -0.444 e. The summed E-state index contributed by atoms with van der Waals surface area (Å²) in [7, 11) is 0. The summed E-state index contributed by atoms with van der Waals surface area (Å²) in [6.07, 6.45) is 0.383. The van der Waals surface area contributed by atoms with Crippen LogP contribution in [-0.4, -0.2) is 38.3 Å². The molecule has 7 nitrogen and oxygen atoms in total. The van der Waals surface area contributed by atoms with Gasteiger partial charge in [-0.3, -0.25) is 14.4 Å². The van der Waals surface area contributed by atoms with Gasteiger partial charge >= 0.3 is 6.09 Å². The van der Waals surface area contributed by atoms with E-state index < -0.39 is 17.6 Å². The Hall–Kier alpha value is -2.54. The lowest BCUT2D eigenvalue weighted by molar-refractivity contribution is 0.00894. The quantitative estimate of drug-likeness (QED) is 0.815. The summed E-state index contributed by atoms with van der Waals surface area (Å²) >= 11 is 6.37. The molecule has 1 aliphatic heterocycles. The molecule has 1 atom stereocenters. The van der Waals surface area contributed by atoms with E-state index in [4.69, 9.17) is 22.1 Å². The SMILES string of the molecule is CCc1ccc(-c2nn3c(c2C(N)=O)CN(C(=O)OC(C)(C)C)C(C)C3)cc1Cl. The monoisotopic (exact) mass is 418 g/mol. The normalized spacial score (nSPS) is 16.5. The van der Waals surface area contributed by atoms with Gasteiger partial charge in [0.25, 0.3) is 5.91 Å². The van der Waals surface area contributed by atoms with Crippen LogP contribution in [0.1, 0.15) is 56.2 Å². The lowest BCUT2D eigenvalue weighted by Gasteiger charge is -2.35. The number of carbonyl (C=O) groups excluding carboxylic acids is 2. The molecule has 29 heavy (non-hydrogen) atoms. The molecule has 1 aromatic carbocycles. The van der Waals surface area contributed by atoms with Crippen molar-refractivity contribution in [2.24, 2.45) is 5.73 Å². The van der Waals surface area contributed by atoms with Gasteiger partial charge in [0, 0.05) is 10.6 Å². The number of carbonyl (C=O) groups is 2. The molecule has 0 bridgehead atoms. The zero-order valence-corrected chi connectivity index (χ0v) is 18.2. The van der Waals surface area contributed by atoms with E-state index in [-0.39, 0.29) is 12.6 Å². The average molecular weight is 419 g/mol. The number of hydrogen-bond acceptors (Lipinski definition) is 4. The van der Waals surface area contributed by atoms with Crippen molar-refractivity contribution in [3.63, 3.8) is 0 Å². The number of halogens is 1. The maximum atomic E-state index is 12.6. The van der Waals surface area contributed by atoms with Gasteiger partial charge in [-0.05, 0) is 45.7 Å². The molecule has 0 saturated carbocycles. The van der Waals surface area contributed by atoms with E-state index in [1.807, 2.05) is 46.8 Å². The molecule has 2 N–H and O–H groups in total. The van der Waals surface area contributed by atoms with E-state index in [0.717, 1.165) is 17.5 Å². The third-order valence-electron chi connectivity index (χ3n) is 4.93. The number of rotatable bonds is 3. The highest BCUT2D eigenvalue weighted by atomic mass is 35.5. The second-order valence-electron chi connectivity index (χ2n) is 8.33. The first-order valence-corrected chi connectivity index (χ1v) is 10.1. The van der Waals surface area contributed by atoms with E-state index >= 15 is 0 Å². The fourth-order valence-corrected chi connectivity index (χ4v) is 3.80. The number of aromatic nitrogens is 2. The molecular formula is C21H27ClN4O3. The maximum absolute atomic E-state index is 12.6. The second kappa shape index (κ2) is 7.71. The Bertz CT molecular complexity index is 962. The molecule has 0 aliphatic carbocycles. The van der Waals surface area contributed by atoms with Gasteiger partial charge in [-0.15, -0.1) is 0 Å². The lowest BCUT2D eigenvalue weighted by atomic mass is 10.0. The predicted octanol–water partition coefficient (Wildman–Crippen LogP) is 4.00. The van der Waals surface area contributed by atoms with Crippen molar-refractivity contribution < 1.29 is 14.3 Å². The molecule has 2 amide bonds. The smallest absolute Gasteiger partial charge is 0.410 e.